The molecule has 0 bridgehead atoms. The summed E-state index contributed by atoms with van der Waals surface area (Å²) in [7, 11) is 0. The predicted octanol–water partition coefficient (Wildman–Crippen LogP) is 4.39. The summed E-state index contributed by atoms with van der Waals surface area (Å²) in [5, 5.41) is 11.2. The molecular weight excluding hydrogens is 348 g/mol. The third-order valence-corrected chi connectivity index (χ3v) is 4.94. The fraction of sp³-hybridized carbons (Fsp3) is 0.182. The van der Waals surface area contributed by atoms with Crippen molar-refractivity contribution in [2.75, 3.05) is 0 Å². The molecule has 0 atom stereocenters. The van der Waals surface area contributed by atoms with Crippen molar-refractivity contribution in [1.82, 2.24) is 29.5 Å². The van der Waals surface area contributed by atoms with Gasteiger partial charge in [0, 0.05) is 22.2 Å². The Morgan fingerprint density at radius 3 is 1.32 bits per heavy atom. The van der Waals surface area contributed by atoms with Crippen LogP contribution in [0.4, 0.5) is 0 Å². The Morgan fingerprint density at radius 2 is 0.964 bits per heavy atom. The highest BCUT2D eigenvalue weighted by Crippen LogP contribution is 2.25. The molecular formula is C22H20N6. The molecule has 0 spiro atoms. The number of fused-ring (bicyclic) bond motifs is 3. The summed E-state index contributed by atoms with van der Waals surface area (Å²) < 4.78 is 3.75. The smallest absolute Gasteiger partial charge is 0.154 e. The van der Waals surface area contributed by atoms with E-state index in [0.29, 0.717) is 0 Å². The highest BCUT2D eigenvalue weighted by Gasteiger charge is 2.11. The average molecular weight is 368 g/mol. The van der Waals surface area contributed by atoms with Crippen LogP contribution in [-0.2, 0) is 0 Å². The summed E-state index contributed by atoms with van der Waals surface area (Å²) in [4.78, 5) is 9.84. The number of nitrogens with zero attached hydrogens (tertiary/aromatic N) is 6. The first kappa shape index (κ1) is 16.6. The highest BCUT2D eigenvalue weighted by molar-refractivity contribution is 6.03. The summed E-state index contributed by atoms with van der Waals surface area (Å²) in [5.41, 5.74) is 5.79. The number of aryl methyl sites for hydroxylation is 4. The van der Waals surface area contributed by atoms with Gasteiger partial charge in [0.25, 0.3) is 0 Å². The molecule has 0 unspecified atom stereocenters. The minimum atomic E-state index is 0.795. The molecule has 4 aromatic heterocycles. The Hall–Kier alpha value is -3.54. The van der Waals surface area contributed by atoms with Crippen molar-refractivity contribution >= 4 is 21.8 Å². The minimum Gasteiger partial charge on any atom is -0.226 e. The van der Waals surface area contributed by atoms with Gasteiger partial charge < -0.3 is 0 Å². The number of benzene rings is 1. The molecule has 138 valence electrons. The molecule has 0 fully saturated rings. The zero-order valence-corrected chi connectivity index (χ0v) is 16.3. The van der Waals surface area contributed by atoms with Gasteiger partial charge in [0.15, 0.2) is 11.6 Å². The Labute approximate surface area is 162 Å². The Kier molecular flexibility index (Phi) is 3.55. The van der Waals surface area contributed by atoms with Crippen LogP contribution in [0.2, 0.25) is 0 Å². The van der Waals surface area contributed by atoms with E-state index in [-0.39, 0.29) is 0 Å². The summed E-state index contributed by atoms with van der Waals surface area (Å²) in [6.45, 7) is 8.05. The van der Waals surface area contributed by atoms with Crippen molar-refractivity contribution in [2.24, 2.45) is 0 Å². The maximum Gasteiger partial charge on any atom is 0.154 e. The first-order valence-corrected chi connectivity index (χ1v) is 9.27. The zero-order valence-electron chi connectivity index (χ0n) is 16.3. The first-order valence-electron chi connectivity index (χ1n) is 9.27. The Bertz CT molecular complexity index is 1250. The van der Waals surface area contributed by atoms with E-state index < -0.39 is 0 Å². The van der Waals surface area contributed by atoms with Crippen LogP contribution in [0.5, 0.6) is 0 Å². The third kappa shape index (κ3) is 2.57. The molecule has 0 aliphatic rings. The molecule has 6 heteroatoms. The van der Waals surface area contributed by atoms with Gasteiger partial charge >= 0.3 is 0 Å². The lowest BCUT2D eigenvalue weighted by Gasteiger charge is -2.09. The lowest BCUT2D eigenvalue weighted by atomic mass is 10.1. The minimum absolute atomic E-state index is 0.795. The normalized spacial score (nSPS) is 11.6. The zero-order chi connectivity index (χ0) is 19.4. The van der Waals surface area contributed by atoms with E-state index in [1.54, 1.807) is 0 Å². The molecule has 5 rings (SSSR count). The topological polar surface area (TPSA) is 61.4 Å². The molecule has 0 aliphatic carbocycles. The van der Waals surface area contributed by atoms with Gasteiger partial charge in [0.2, 0.25) is 0 Å². The molecule has 0 radical (unpaired) electrons. The van der Waals surface area contributed by atoms with Crippen LogP contribution in [0.25, 0.3) is 33.4 Å². The van der Waals surface area contributed by atoms with Crippen molar-refractivity contribution in [3.05, 3.63) is 71.3 Å². The fourth-order valence-corrected chi connectivity index (χ4v) is 3.70. The molecule has 1 aromatic carbocycles. The standard InChI is InChI=1S/C22H20N6/c1-13-11-15(3)27(25-13)19-9-7-17-5-6-18-8-10-20(24-22(18)21(17)23-19)28-16(4)12-14(2)26-28/h5-12H,1-4H3. The van der Waals surface area contributed by atoms with Crippen LogP contribution in [0.1, 0.15) is 22.8 Å². The molecule has 28 heavy (non-hydrogen) atoms. The van der Waals surface area contributed by atoms with E-state index in [2.05, 4.69) is 34.5 Å². The van der Waals surface area contributed by atoms with Gasteiger partial charge in [-0.15, -0.1) is 0 Å². The van der Waals surface area contributed by atoms with E-state index in [9.17, 15) is 0 Å². The predicted molar refractivity (Wildman–Crippen MR) is 110 cm³/mol. The Morgan fingerprint density at radius 1 is 0.571 bits per heavy atom. The van der Waals surface area contributed by atoms with Crippen molar-refractivity contribution < 1.29 is 0 Å². The van der Waals surface area contributed by atoms with Crippen molar-refractivity contribution in [2.45, 2.75) is 27.7 Å². The summed E-state index contributed by atoms with van der Waals surface area (Å²) >= 11 is 0. The van der Waals surface area contributed by atoms with Crippen LogP contribution in [0.15, 0.2) is 48.5 Å². The molecule has 0 amide bonds. The molecule has 0 saturated heterocycles. The molecule has 0 N–H and O–H groups in total. The Balaban J connectivity index is 1.77. The monoisotopic (exact) mass is 368 g/mol. The molecule has 5 aromatic rings. The number of pyridine rings is 2. The SMILES string of the molecule is Cc1cc(C)n(-c2ccc3ccc4ccc(-n5nc(C)cc5C)nc4c3n2)n1. The van der Waals surface area contributed by atoms with Gasteiger partial charge in [-0.1, -0.05) is 12.1 Å². The molecule has 6 nitrogen and oxygen atoms in total. The lowest BCUT2D eigenvalue weighted by Crippen LogP contribution is -2.04. The summed E-state index contributed by atoms with van der Waals surface area (Å²) in [6, 6.07) is 16.4. The van der Waals surface area contributed by atoms with Gasteiger partial charge in [0.1, 0.15) is 0 Å². The molecule has 0 aliphatic heterocycles. The maximum absolute atomic E-state index is 4.92. The second kappa shape index (κ2) is 5.99. The second-order valence-electron chi connectivity index (χ2n) is 7.23. The van der Waals surface area contributed by atoms with Crippen LogP contribution < -0.4 is 0 Å². The van der Waals surface area contributed by atoms with E-state index in [1.807, 2.05) is 61.3 Å². The average Bonchev–Trinajstić information content (AvgIpc) is 3.20. The molecule has 0 saturated carbocycles. The number of rotatable bonds is 2. The van der Waals surface area contributed by atoms with Crippen LogP contribution in [-0.4, -0.2) is 29.5 Å². The number of aromatic nitrogens is 6. The molecule has 4 heterocycles. The lowest BCUT2D eigenvalue weighted by molar-refractivity contribution is 0.808. The van der Waals surface area contributed by atoms with Crippen LogP contribution >= 0.6 is 0 Å². The van der Waals surface area contributed by atoms with E-state index in [0.717, 1.165) is 56.2 Å². The fourth-order valence-electron chi connectivity index (χ4n) is 3.70. The van der Waals surface area contributed by atoms with Gasteiger partial charge in [-0.05, 0) is 64.1 Å². The van der Waals surface area contributed by atoms with Gasteiger partial charge in [-0.3, -0.25) is 0 Å². The van der Waals surface area contributed by atoms with Gasteiger partial charge in [-0.25, -0.2) is 19.3 Å². The van der Waals surface area contributed by atoms with Crippen molar-refractivity contribution in [3.8, 4) is 11.6 Å². The number of hydrogen-bond acceptors (Lipinski definition) is 4. The van der Waals surface area contributed by atoms with Crippen molar-refractivity contribution in [1.29, 1.82) is 0 Å². The quantitative estimate of drug-likeness (QED) is 0.434. The van der Waals surface area contributed by atoms with E-state index >= 15 is 0 Å². The third-order valence-electron chi connectivity index (χ3n) is 4.94. The van der Waals surface area contributed by atoms with Gasteiger partial charge in [0.05, 0.1) is 22.4 Å². The number of hydrogen-bond donors (Lipinski definition) is 0. The highest BCUT2D eigenvalue weighted by atomic mass is 15.3. The van der Waals surface area contributed by atoms with E-state index in [1.165, 1.54) is 0 Å². The van der Waals surface area contributed by atoms with Crippen molar-refractivity contribution in [3.63, 3.8) is 0 Å². The summed E-state index contributed by atoms with van der Waals surface area (Å²) in [5.74, 6) is 1.59. The second-order valence-corrected chi connectivity index (χ2v) is 7.23. The van der Waals surface area contributed by atoms with Gasteiger partial charge in [-0.2, -0.15) is 10.2 Å². The largest absolute Gasteiger partial charge is 0.226 e. The van der Waals surface area contributed by atoms with Crippen LogP contribution in [0, 0.1) is 27.7 Å². The first-order chi connectivity index (χ1) is 13.5. The van der Waals surface area contributed by atoms with E-state index in [4.69, 9.17) is 9.97 Å². The van der Waals surface area contributed by atoms with Crippen LogP contribution in [0.3, 0.4) is 0 Å². The maximum atomic E-state index is 4.92. The summed E-state index contributed by atoms with van der Waals surface area (Å²) in [6.07, 6.45) is 0.